The molecule has 2 rings (SSSR count). The summed E-state index contributed by atoms with van der Waals surface area (Å²) in [5, 5.41) is -0.0884. The highest BCUT2D eigenvalue weighted by atomic mass is 35.5. The lowest BCUT2D eigenvalue weighted by Gasteiger charge is -2.18. The van der Waals surface area contributed by atoms with Crippen molar-refractivity contribution in [3.8, 4) is 0 Å². The van der Waals surface area contributed by atoms with E-state index in [4.69, 9.17) is 11.6 Å². The minimum absolute atomic E-state index is 0.0884. The van der Waals surface area contributed by atoms with E-state index < -0.39 is 11.7 Å². The largest absolute Gasteiger partial charge is 0.416 e. The number of halogens is 4. The number of aryl methyl sites for hydroxylation is 1. The van der Waals surface area contributed by atoms with E-state index in [9.17, 15) is 18.0 Å². The molecular formula is C11H8ClF3O. The Kier molecular flexibility index (Phi) is 2.70. The third-order valence-electron chi connectivity index (χ3n) is 2.63. The van der Waals surface area contributed by atoms with Crippen molar-refractivity contribution in [1.29, 1.82) is 0 Å². The van der Waals surface area contributed by atoms with Gasteiger partial charge in [-0.1, -0.05) is 11.6 Å². The summed E-state index contributed by atoms with van der Waals surface area (Å²) in [6, 6.07) is 1.85. The van der Waals surface area contributed by atoms with E-state index >= 15 is 0 Å². The summed E-state index contributed by atoms with van der Waals surface area (Å²) in [6.45, 7) is 0. The molecule has 1 aromatic rings. The Hall–Kier alpha value is -1.03. The van der Waals surface area contributed by atoms with Gasteiger partial charge in [-0.25, -0.2) is 0 Å². The summed E-state index contributed by atoms with van der Waals surface area (Å²) in [7, 11) is 0. The van der Waals surface area contributed by atoms with E-state index in [0.717, 1.165) is 12.1 Å². The summed E-state index contributed by atoms with van der Waals surface area (Å²) < 4.78 is 37.5. The van der Waals surface area contributed by atoms with Crippen molar-refractivity contribution < 1.29 is 18.0 Å². The lowest BCUT2D eigenvalue weighted by atomic mass is 9.89. The monoisotopic (exact) mass is 248 g/mol. The highest BCUT2D eigenvalue weighted by Gasteiger charge is 2.33. The van der Waals surface area contributed by atoms with Crippen molar-refractivity contribution in [1.82, 2.24) is 0 Å². The summed E-state index contributed by atoms with van der Waals surface area (Å²) in [6.07, 6.45) is -2.99. The molecular weight excluding hydrogens is 241 g/mol. The zero-order valence-electron chi connectivity index (χ0n) is 8.20. The zero-order chi connectivity index (χ0) is 11.9. The lowest BCUT2D eigenvalue weighted by Crippen LogP contribution is -2.14. The molecule has 5 heteroatoms. The van der Waals surface area contributed by atoms with Crippen LogP contribution in [-0.2, 0) is 12.6 Å². The van der Waals surface area contributed by atoms with Crippen LogP contribution in [0.3, 0.4) is 0 Å². The van der Waals surface area contributed by atoms with Gasteiger partial charge in [0.15, 0.2) is 5.78 Å². The quantitative estimate of drug-likeness (QED) is 0.681. The smallest absolute Gasteiger partial charge is 0.294 e. The normalized spacial score (nSPS) is 16.1. The van der Waals surface area contributed by atoms with Crippen LogP contribution in [0.2, 0.25) is 5.02 Å². The topological polar surface area (TPSA) is 17.1 Å². The molecule has 16 heavy (non-hydrogen) atoms. The Bertz CT molecular complexity index is 451. The van der Waals surface area contributed by atoms with Gasteiger partial charge in [0.25, 0.3) is 0 Å². The fourth-order valence-electron chi connectivity index (χ4n) is 1.90. The number of carbonyl (C=O) groups is 1. The van der Waals surface area contributed by atoms with Gasteiger partial charge in [0.1, 0.15) is 0 Å². The average molecular weight is 249 g/mol. The molecule has 0 unspecified atom stereocenters. The van der Waals surface area contributed by atoms with Crippen molar-refractivity contribution in [2.45, 2.75) is 25.4 Å². The molecule has 1 aliphatic rings. The third kappa shape index (κ3) is 1.94. The second-order valence-corrected chi connectivity index (χ2v) is 4.17. The van der Waals surface area contributed by atoms with Crippen LogP contribution < -0.4 is 0 Å². The van der Waals surface area contributed by atoms with Gasteiger partial charge >= 0.3 is 6.18 Å². The number of Topliss-reactive ketones (excluding diaryl/α,β-unsaturated/α-hetero) is 1. The van der Waals surface area contributed by atoms with Gasteiger partial charge in [-0.15, -0.1) is 0 Å². The number of alkyl halides is 3. The van der Waals surface area contributed by atoms with Gasteiger partial charge in [-0.3, -0.25) is 4.79 Å². The first-order valence-corrected chi connectivity index (χ1v) is 5.20. The van der Waals surface area contributed by atoms with Crippen LogP contribution >= 0.6 is 11.6 Å². The maximum absolute atomic E-state index is 12.5. The highest BCUT2D eigenvalue weighted by Crippen LogP contribution is 2.36. The number of rotatable bonds is 0. The first kappa shape index (κ1) is 11.5. The molecule has 0 aliphatic heterocycles. The van der Waals surface area contributed by atoms with Gasteiger partial charge in [0.05, 0.1) is 10.6 Å². The number of hydrogen-bond donors (Lipinski definition) is 0. The Labute approximate surface area is 95.2 Å². The fraction of sp³-hybridized carbons (Fsp3) is 0.364. The fourth-order valence-corrected chi connectivity index (χ4v) is 2.25. The number of ketones is 1. The molecule has 0 N–H and O–H groups in total. The predicted molar refractivity (Wildman–Crippen MR) is 53.7 cm³/mol. The standard InChI is InChI=1S/C11H8ClF3O/c12-8-5-7(11(13,14)15)4-6-2-1-3-9(16)10(6)8/h4-5H,1-3H2. The molecule has 86 valence electrons. The number of hydrogen-bond acceptors (Lipinski definition) is 1. The van der Waals surface area contributed by atoms with Crippen LogP contribution in [0.25, 0.3) is 0 Å². The van der Waals surface area contributed by atoms with E-state index in [-0.39, 0.29) is 16.4 Å². The molecule has 0 atom stereocenters. The molecule has 1 nitrogen and oxygen atoms in total. The van der Waals surface area contributed by atoms with E-state index in [1.807, 2.05) is 0 Å². The maximum Gasteiger partial charge on any atom is 0.416 e. The van der Waals surface area contributed by atoms with Gasteiger partial charge in [-0.2, -0.15) is 13.2 Å². The van der Waals surface area contributed by atoms with Crippen LogP contribution in [0.1, 0.15) is 34.3 Å². The average Bonchev–Trinajstić information content (AvgIpc) is 2.15. The van der Waals surface area contributed by atoms with Crippen LogP contribution in [0, 0.1) is 0 Å². The minimum Gasteiger partial charge on any atom is -0.294 e. The maximum atomic E-state index is 12.5. The van der Waals surface area contributed by atoms with Gasteiger partial charge < -0.3 is 0 Å². The second kappa shape index (κ2) is 3.77. The van der Waals surface area contributed by atoms with Crippen molar-refractivity contribution in [3.63, 3.8) is 0 Å². The first-order valence-electron chi connectivity index (χ1n) is 4.82. The van der Waals surface area contributed by atoms with Crippen LogP contribution in [0.4, 0.5) is 13.2 Å². The predicted octanol–water partition coefficient (Wildman–Crippen LogP) is 3.88. The highest BCUT2D eigenvalue weighted by molar-refractivity contribution is 6.34. The molecule has 0 bridgehead atoms. The Morgan fingerprint density at radius 3 is 2.50 bits per heavy atom. The Balaban J connectivity index is 2.58. The summed E-state index contributed by atoms with van der Waals surface area (Å²) >= 11 is 5.73. The Morgan fingerprint density at radius 2 is 1.88 bits per heavy atom. The zero-order valence-corrected chi connectivity index (χ0v) is 8.95. The van der Waals surface area contributed by atoms with Crippen molar-refractivity contribution in [2.75, 3.05) is 0 Å². The molecule has 0 fully saturated rings. The van der Waals surface area contributed by atoms with Crippen LogP contribution in [-0.4, -0.2) is 5.78 Å². The second-order valence-electron chi connectivity index (χ2n) is 3.77. The molecule has 0 amide bonds. The van der Waals surface area contributed by atoms with E-state index in [1.165, 1.54) is 0 Å². The van der Waals surface area contributed by atoms with Gasteiger partial charge in [0.2, 0.25) is 0 Å². The molecule has 0 spiro atoms. The number of fused-ring (bicyclic) bond motifs is 1. The summed E-state index contributed by atoms with van der Waals surface area (Å²) in [5.41, 5.74) is -0.108. The Morgan fingerprint density at radius 1 is 1.19 bits per heavy atom. The number of carbonyl (C=O) groups excluding carboxylic acids is 1. The van der Waals surface area contributed by atoms with E-state index in [2.05, 4.69) is 0 Å². The minimum atomic E-state index is -4.42. The molecule has 0 heterocycles. The molecule has 0 radical (unpaired) electrons. The van der Waals surface area contributed by atoms with E-state index in [1.54, 1.807) is 0 Å². The van der Waals surface area contributed by atoms with Crippen molar-refractivity contribution in [2.24, 2.45) is 0 Å². The first-order chi connectivity index (χ1) is 7.39. The van der Waals surface area contributed by atoms with E-state index in [0.29, 0.717) is 24.8 Å². The molecule has 0 saturated carbocycles. The lowest BCUT2D eigenvalue weighted by molar-refractivity contribution is -0.137. The SMILES string of the molecule is O=C1CCCc2cc(C(F)(F)F)cc(Cl)c21. The summed E-state index contributed by atoms with van der Waals surface area (Å²) in [5.74, 6) is -0.167. The number of benzene rings is 1. The third-order valence-corrected chi connectivity index (χ3v) is 2.93. The molecule has 0 aromatic heterocycles. The molecule has 0 saturated heterocycles. The van der Waals surface area contributed by atoms with Crippen molar-refractivity contribution in [3.05, 3.63) is 33.8 Å². The van der Waals surface area contributed by atoms with Gasteiger partial charge in [-0.05, 0) is 30.5 Å². The van der Waals surface area contributed by atoms with Gasteiger partial charge in [0, 0.05) is 12.0 Å². The summed E-state index contributed by atoms with van der Waals surface area (Å²) in [4.78, 5) is 11.5. The van der Waals surface area contributed by atoms with Crippen LogP contribution in [0.5, 0.6) is 0 Å². The molecule has 1 aliphatic carbocycles. The molecule has 1 aromatic carbocycles. The van der Waals surface area contributed by atoms with Crippen LogP contribution in [0.15, 0.2) is 12.1 Å². The van der Waals surface area contributed by atoms with Crippen molar-refractivity contribution >= 4 is 17.4 Å².